The van der Waals surface area contributed by atoms with Crippen LogP contribution in [0.25, 0.3) is 11.4 Å². The van der Waals surface area contributed by atoms with Crippen LogP contribution in [0.3, 0.4) is 0 Å². The van der Waals surface area contributed by atoms with Crippen LogP contribution < -0.4 is 5.32 Å². The van der Waals surface area contributed by atoms with Gasteiger partial charge in [0.1, 0.15) is 0 Å². The Balaban J connectivity index is 1.62. The van der Waals surface area contributed by atoms with Gasteiger partial charge in [0.2, 0.25) is 0 Å². The number of hydrogen-bond donors (Lipinski definition) is 1. The molecule has 1 unspecified atom stereocenters. The van der Waals surface area contributed by atoms with Crippen molar-refractivity contribution in [3.05, 3.63) is 47.8 Å². The number of nitrogens with one attached hydrogen (secondary N) is 1. The molecule has 0 aliphatic heterocycles. The van der Waals surface area contributed by atoms with E-state index in [-0.39, 0.29) is 0 Å². The highest BCUT2D eigenvalue weighted by Gasteiger charge is 2.26. The van der Waals surface area contributed by atoms with E-state index in [4.69, 9.17) is 4.98 Å². The largest absolute Gasteiger partial charge is 0.307 e. The van der Waals surface area contributed by atoms with E-state index in [0.29, 0.717) is 6.04 Å². The zero-order valence-corrected chi connectivity index (χ0v) is 12.3. The van der Waals surface area contributed by atoms with E-state index in [1.54, 1.807) is 0 Å². The van der Waals surface area contributed by atoms with Gasteiger partial charge in [0.25, 0.3) is 0 Å². The van der Waals surface area contributed by atoms with E-state index in [9.17, 15) is 0 Å². The molecule has 0 amide bonds. The Labute approximate surface area is 125 Å². The molecule has 0 spiro atoms. The third-order valence-electron chi connectivity index (χ3n) is 4.76. The van der Waals surface area contributed by atoms with E-state index in [1.807, 2.05) is 18.2 Å². The molecule has 3 heteroatoms. The molecule has 1 N–H and O–H groups in total. The second-order valence-corrected chi connectivity index (χ2v) is 6.20. The predicted octanol–water partition coefficient (Wildman–Crippen LogP) is 3.66. The summed E-state index contributed by atoms with van der Waals surface area (Å²) in [5, 5.41) is 3.79. The van der Waals surface area contributed by atoms with Crippen molar-refractivity contribution in [3.8, 4) is 11.4 Å². The molecule has 1 aromatic heterocycles. The zero-order valence-electron chi connectivity index (χ0n) is 12.3. The molecule has 21 heavy (non-hydrogen) atoms. The first-order valence-electron chi connectivity index (χ1n) is 8.07. The minimum atomic E-state index is 0.462. The van der Waals surface area contributed by atoms with Crippen molar-refractivity contribution < 1.29 is 0 Å². The molecule has 0 bridgehead atoms. The Bertz CT molecular complexity index is 620. The molecule has 1 aromatic carbocycles. The van der Waals surface area contributed by atoms with Gasteiger partial charge in [-0.2, -0.15) is 0 Å². The quantitative estimate of drug-likeness (QED) is 0.931. The second-order valence-electron chi connectivity index (χ2n) is 6.20. The van der Waals surface area contributed by atoms with Gasteiger partial charge in [-0.15, -0.1) is 0 Å². The second kappa shape index (κ2) is 5.57. The number of fused-ring (bicyclic) bond motifs is 1. The molecule has 4 rings (SSSR count). The van der Waals surface area contributed by atoms with E-state index >= 15 is 0 Å². The summed E-state index contributed by atoms with van der Waals surface area (Å²) in [6.07, 6.45) is 9.62. The van der Waals surface area contributed by atoms with Crippen LogP contribution in [0.5, 0.6) is 0 Å². The lowest BCUT2D eigenvalue weighted by atomic mass is 9.87. The molecule has 0 radical (unpaired) electrons. The van der Waals surface area contributed by atoms with Gasteiger partial charge in [-0.1, -0.05) is 36.8 Å². The van der Waals surface area contributed by atoms with Crippen LogP contribution in [0.2, 0.25) is 0 Å². The summed E-state index contributed by atoms with van der Waals surface area (Å²) in [5.41, 5.74) is 3.68. The fourth-order valence-corrected chi connectivity index (χ4v) is 3.31. The van der Waals surface area contributed by atoms with Gasteiger partial charge in [-0.05, 0) is 32.1 Å². The highest BCUT2D eigenvalue weighted by Crippen LogP contribution is 2.32. The first-order chi connectivity index (χ1) is 10.4. The molecule has 2 aliphatic rings. The lowest BCUT2D eigenvalue weighted by Crippen LogP contribution is -2.39. The van der Waals surface area contributed by atoms with E-state index < -0.39 is 0 Å². The maximum Gasteiger partial charge on any atom is 0.159 e. The Hall–Kier alpha value is -1.74. The normalized spacial score (nSPS) is 21.6. The minimum Gasteiger partial charge on any atom is -0.307 e. The molecule has 1 atom stereocenters. The molecule has 1 fully saturated rings. The number of aryl methyl sites for hydroxylation is 1. The average molecular weight is 279 g/mol. The summed E-state index contributed by atoms with van der Waals surface area (Å²) in [6.45, 7) is 0. The van der Waals surface area contributed by atoms with Gasteiger partial charge >= 0.3 is 0 Å². The van der Waals surface area contributed by atoms with Gasteiger partial charge in [0, 0.05) is 35.1 Å². The van der Waals surface area contributed by atoms with Crippen LogP contribution in [0.4, 0.5) is 0 Å². The van der Waals surface area contributed by atoms with Crippen molar-refractivity contribution in [3.63, 3.8) is 0 Å². The van der Waals surface area contributed by atoms with Crippen molar-refractivity contribution in [2.45, 2.75) is 50.6 Å². The lowest BCUT2D eigenvalue weighted by Gasteiger charge is -2.34. The molecule has 1 heterocycles. The highest BCUT2D eigenvalue weighted by atomic mass is 15.0. The SMILES string of the molecule is c1ccc(-c2ncc3c(n2)CCCC3NC2CCC2)cc1. The van der Waals surface area contributed by atoms with Crippen LogP contribution in [-0.2, 0) is 6.42 Å². The zero-order chi connectivity index (χ0) is 14.1. The van der Waals surface area contributed by atoms with Crippen LogP contribution in [0, 0.1) is 0 Å². The third kappa shape index (κ3) is 2.58. The van der Waals surface area contributed by atoms with E-state index in [1.165, 1.54) is 43.4 Å². The summed E-state index contributed by atoms with van der Waals surface area (Å²) in [6, 6.07) is 11.4. The molecule has 0 saturated heterocycles. The van der Waals surface area contributed by atoms with Crippen LogP contribution in [-0.4, -0.2) is 16.0 Å². The number of aromatic nitrogens is 2. The standard InChI is InChI=1S/C18H21N3/c1-2-6-13(7-3-1)18-19-12-15-16(20-14-8-4-9-14)10-5-11-17(15)21-18/h1-3,6-7,12,14,16,20H,4-5,8-11H2. The Morgan fingerprint density at radius 2 is 1.86 bits per heavy atom. The summed E-state index contributed by atoms with van der Waals surface area (Å²) in [7, 11) is 0. The molecular formula is C18H21N3. The van der Waals surface area contributed by atoms with Crippen molar-refractivity contribution in [2.24, 2.45) is 0 Å². The molecule has 1 saturated carbocycles. The Morgan fingerprint density at radius 3 is 2.62 bits per heavy atom. The van der Waals surface area contributed by atoms with Crippen LogP contribution in [0.1, 0.15) is 49.4 Å². The van der Waals surface area contributed by atoms with E-state index in [2.05, 4.69) is 28.6 Å². The van der Waals surface area contributed by atoms with Crippen molar-refractivity contribution in [1.82, 2.24) is 15.3 Å². The molecular weight excluding hydrogens is 258 g/mol. The number of rotatable bonds is 3. The van der Waals surface area contributed by atoms with Gasteiger partial charge in [-0.3, -0.25) is 0 Å². The summed E-state index contributed by atoms with van der Waals surface area (Å²) < 4.78 is 0. The van der Waals surface area contributed by atoms with E-state index in [0.717, 1.165) is 23.9 Å². The Kier molecular flexibility index (Phi) is 3.44. The monoisotopic (exact) mass is 279 g/mol. The first-order valence-corrected chi connectivity index (χ1v) is 8.07. The van der Waals surface area contributed by atoms with Crippen molar-refractivity contribution >= 4 is 0 Å². The van der Waals surface area contributed by atoms with Crippen LogP contribution >= 0.6 is 0 Å². The lowest BCUT2D eigenvalue weighted by molar-refractivity contribution is 0.289. The van der Waals surface area contributed by atoms with Crippen LogP contribution in [0.15, 0.2) is 36.5 Å². The highest BCUT2D eigenvalue weighted by molar-refractivity contribution is 5.55. The summed E-state index contributed by atoms with van der Waals surface area (Å²) >= 11 is 0. The number of benzene rings is 1. The fourth-order valence-electron chi connectivity index (χ4n) is 3.31. The Morgan fingerprint density at radius 1 is 1.00 bits per heavy atom. The summed E-state index contributed by atoms with van der Waals surface area (Å²) in [5.74, 6) is 0.860. The summed E-state index contributed by atoms with van der Waals surface area (Å²) in [4.78, 5) is 9.45. The third-order valence-corrected chi connectivity index (χ3v) is 4.76. The first kappa shape index (κ1) is 13.0. The smallest absolute Gasteiger partial charge is 0.159 e. The molecule has 2 aromatic rings. The van der Waals surface area contributed by atoms with Gasteiger partial charge in [0.15, 0.2) is 5.82 Å². The maximum absolute atomic E-state index is 4.83. The van der Waals surface area contributed by atoms with Crippen molar-refractivity contribution in [1.29, 1.82) is 0 Å². The topological polar surface area (TPSA) is 37.8 Å². The molecule has 2 aliphatic carbocycles. The van der Waals surface area contributed by atoms with Gasteiger partial charge in [0.05, 0.1) is 0 Å². The number of hydrogen-bond acceptors (Lipinski definition) is 3. The van der Waals surface area contributed by atoms with Crippen molar-refractivity contribution in [2.75, 3.05) is 0 Å². The number of nitrogens with zero attached hydrogens (tertiary/aromatic N) is 2. The average Bonchev–Trinajstić information content (AvgIpc) is 2.51. The molecule has 108 valence electrons. The van der Waals surface area contributed by atoms with Gasteiger partial charge < -0.3 is 5.32 Å². The minimum absolute atomic E-state index is 0.462. The molecule has 3 nitrogen and oxygen atoms in total. The predicted molar refractivity (Wildman–Crippen MR) is 83.9 cm³/mol. The fraction of sp³-hybridized carbons (Fsp3) is 0.444. The maximum atomic E-state index is 4.83. The van der Waals surface area contributed by atoms with Gasteiger partial charge in [-0.25, -0.2) is 9.97 Å².